The summed E-state index contributed by atoms with van der Waals surface area (Å²) in [5, 5.41) is 9.43. The molecule has 2 nitrogen and oxygen atoms in total. The third-order valence-electron chi connectivity index (χ3n) is 3.36. The maximum atomic E-state index is 9.43. The molecule has 0 radical (unpaired) electrons. The molecule has 2 heteroatoms. The molecule has 1 N–H and O–H groups in total. The highest BCUT2D eigenvalue weighted by atomic mass is 16.3. The zero-order valence-electron chi connectivity index (χ0n) is 9.32. The SMILES string of the molecule is CN(c1cccc(O)c1)C1CCCCC1. The molecule has 0 aliphatic heterocycles. The summed E-state index contributed by atoms with van der Waals surface area (Å²) in [4.78, 5) is 2.30. The van der Waals surface area contributed by atoms with Crippen LogP contribution in [0.5, 0.6) is 5.75 Å². The molecule has 0 heterocycles. The summed E-state index contributed by atoms with van der Waals surface area (Å²) in [5.41, 5.74) is 1.13. The lowest BCUT2D eigenvalue weighted by atomic mass is 9.94. The van der Waals surface area contributed by atoms with E-state index in [2.05, 4.69) is 18.0 Å². The Bertz CT molecular complexity index is 318. The Labute approximate surface area is 91.5 Å². The third kappa shape index (κ3) is 2.44. The first-order valence-corrected chi connectivity index (χ1v) is 5.79. The van der Waals surface area contributed by atoms with Gasteiger partial charge >= 0.3 is 0 Å². The van der Waals surface area contributed by atoms with E-state index >= 15 is 0 Å². The predicted octanol–water partition coefficient (Wildman–Crippen LogP) is 3.16. The van der Waals surface area contributed by atoms with Gasteiger partial charge in [0.25, 0.3) is 0 Å². The van der Waals surface area contributed by atoms with Crippen molar-refractivity contribution in [2.45, 2.75) is 38.1 Å². The molecule has 1 aromatic carbocycles. The number of benzene rings is 1. The zero-order valence-corrected chi connectivity index (χ0v) is 9.32. The molecule has 1 fully saturated rings. The first-order valence-electron chi connectivity index (χ1n) is 5.79. The number of phenols is 1. The van der Waals surface area contributed by atoms with Crippen LogP contribution in [0.1, 0.15) is 32.1 Å². The van der Waals surface area contributed by atoms with Crippen LogP contribution in [0.4, 0.5) is 5.69 Å². The Hall–Kier alpha value is -1.18. The number of phenolic OH excluding ortho intramolecular Hbond substituents is 1. The van der Waals surface area contributed by atoms with Crippen LogP contribution in [0.25, 0.3) is 0 Å². The second-order valence-corrected chi connectivity index (χ2v) is 4.42. The predicted molar refractivity (Wildman–Crippen MR) is 63.4 cm³/mol. The van der Waals surface area contributed by atoms with Crippen molar-refractivity contribution in [3.05, 3.63) is 24.3 Å². The Kier molecular flexibility index (Phi) is 3.14. The molecule has 15 heavy (non-hydrogen) atoms. The maximum Gasteiger partial charge on any atom is 0.117 e. The summed E-state index contributed by atoms with van der Waals surface area (Å²) in [6.07, 6.45) is 6.63. The van der Waals surface area contributed by atoms with Gasteiger partial charge in [0.05, 0.1) is 0 Å². The van der Waals surface area contributed by atoms with E-state index in [1.807, 2.05) is 12.1 Å². The topological polar surface area (TPSA) is 23.5 Å². The van der Waals surface area contributed by atoms with Gasteiger partial charge in [-0.2, -0.15) is 0 Å². The van der Waals surface area contributed by atoms with Gasteiger partial charge in [-0.05, 0) is 25.0 Å². The largest absolute Gasteiger partial charge is 0.508 e. The van der Waals surface area contributed by atoms with Crippen molar-refractivity contribution in [3.63, 3.8) is 0 Å². The number of anilines is 1. The van der Waals surface area contributed by atoms with Crippen LogP contribution in [-0.4, -0.2) is 18.2 Å². The fourth-order valence-corrected chi connectivity index (χ4v) is 2.39. The standard InChI is InChI=1S/C13H19NO/c1-14(11-6-3-2-4-7-11)12-8-5-9-13(15)10-12/h5,8-11,15H,2-4,6-7H2,1H3. The van der Waals surface area contributed by atoms with E-state index in [0.29, 0.717) is 11.8 Å². The van der Waals surface area contributed by atoms with Gasteiger partial charge < -0.3 is 10.0 Å². The number of nitrogens with zero attached hydrogens (tertiary/aromatic N) is 1. The Morgan fingerprint density at radius 2 is 1.93 bits per heavy atom. The molecule has 0 amide bonds. The van der Waals surface area contributed by atoms with Crippen molar-refractivity contribution in [1.82, 2.24) is 0 Å². The monoisotopic (exact) mass is 205 g/mol. The van der Waals surface area contributed by atoms with Crippen molar-refractivity contribution in [2.75, 3.05) is 11.9 Å². The lowest BCUT2D eigenvalue weighted by molar-refractivity contribution is 0.426. The van der Waals surface area contributed by atoms with Gasteiger partial charge in [0.15, 0.2) is 0 Å². The van der Waals surface area contributed by atoms with Crippen LogP contribution in [0.3, 0.4) is 0 Å². The van der Waals surface area contributed by atoms with E-state index in [9.17, 15) is 5.11 Å². The van der Waals surface area contributed by atoms with E-state index in [0.717, 1.165) is 5.69 Å². The molecule has 0 unspecified atom stereocenters. The van der Waals surface area contributed by atoms with Crippen LogP contribution in [0.15, 0.2) is 24.3 Å². The van der Waals surface area contributed by atoms with Crippen LogP contribution in [-0.2, 0) is 0 Å². The number of hydrogen-bond donors (Lipinski definition) is 1. The minimum atomic E-state index is 0.357. The van der Waals surface area contributed by atoms with E-state index in [1.54, 1.807) is 6.07 Å². The maximum absolute atomic E-state index is 9.43. The third-order valence-corrected chi connectivity index (χ3v) is 3.36. The Morgan fingerprint density at radius 3 is 2.60 bits per heavy atom. The van der Waals surface area contributed by atoms with E-state index in [1.165, 1.54) is 32.1 Å². The average Bonchev–Trinajstić information content (AvgIpc) is 2.29. The van der Waals surface area contributed by atoms with Crippen LogP contribution in [0, 0.1) is 0 Å². The van der Waals surface area contributed by atoms with E-state index in [4.69, 9.17) is 0 Å². The summed E-state index contributed by atoms with van der Waals surface area (Å²) in [5.74, 6) is 0.357. The quantitative estimate of drug-likeness (QED) is 0.801. The number of hydrogen-bond acceptors (Lipinski definition) is 2. The average molecular weight is 205 g/mol. The Morgan fingerprint density at radius 1 is 1.20 bits per heavy atom. The van der Waals surface area contributed by atoms with Gasteiger partial charge in [0.2, 0.25) is 0 Å². The summed E-state index contributed by atoms with van der Waals surface area (Å²) >= 11 is 0. The molecular weight excluding hydrogens is 186 g/mol. The summed E-state index contributed by atoms with van der Waals surface area (Å²) in [7, 11) is 2.13. The summed E-state index contributed by atoms with van der Waals surface area (Å²) < 4.78 is 0. The molecule has 1 saturated carbocycles. The fraction of sp³-hybridized carbons (Fsp3) is 0.538. The zero-order chi connectivity index (χ0) is 10.7. The van der Waals surface area contributed by atoms with E-state index < -0.39 is 0 Å². The van der Waals surface area contributed by atoms with Crippen molar-refractivity contribution < 1.29 is 5.11 Å². The highest BCUT2D eigenvalue weighted by Crippen LogP contribution is 2.27. The van der Waals surface area contributed by atoms with Crippen molar-refractivity contribution in [1.29, 1.82) is 0 Å². The van der Waals surface area contributed by atoms with Gasteiger partial charge in [-0.3, -0.25) is 0 Å². The van der Waals surface area contributed by atoms with Gasteiger partial charge in [-0.15, -0.1) is 0 Å². The molecule has 1 aromatic rings. The molecule has 82 valence electrons. The number of rotatable bonds is 2. The van der Waals surface area contributed by atoms with Crippen LogP contribution in [0.2, 0.25) is 0 Å². The first-order chi connectivity index (χ1) is 7.27. The first kappa shape index (κ1) is 10.3. The molecule has 1 aliphatic carbocycles. The van der Waals surface area contributed by atoms with Crippen molar-refractivity contribution in [2.24, 2.45) is 0 Å². The lowest BCUT2D eigenvalue weighted by Gasteiger charge is -2.33. The van der Waals surface area contributed by atoms with Gasteiger partial charge in [0.1, 0.15) is 5.75 Å². The molecule has 0 bridgehead atoms. The molecule has 1 aliphatic rings. The van der Waals surface area contributed by atoms with Gasteiger partial charge in [0, 0.05) is 24.8 Å². The van der Waals surface area contributed by atoms with Crippen LogP contribution < -0.4 is 4.90 Å². The van der Waals surface area contributed by atoms with E-state index in [-0.39, 0.29) is 0 Å². The smallest absolute Gasteiger partial charge is 0.117 e. The minimum absolute atomic E-state index is 0.357. The van der Waals surface area contributed by atoms with Gasteiger partial charge in [-0.25, -0.2) is 0 Å². The minimum Gasteiger partial charge on any atom is -0.508 e. The van der Waals surface area contributed by atoms with Crippen molar-refractivity contribution >= 4 is 5.69 Å². The molecule has 2 rings (SSSR count). The summed E-state index contributed by atoms with van der Waals surface area (Å²) in [6, 6.07) is 8.19. The molecule has 0 saturated heterocycles. The lowest BCUT2D eigenvalue weighted by Crippen LogP contribution is -2.33. The van der Waals surface area contributed by atoms with Crippen molar-refractivity contribution in [3.8, 4) is 5.75 Å². The van der Waals surface area contributed by atoms with Crippen LogP contribution >= 0.6 is 0 Å². The fourth-order valence-electron chi connectivity index (χ4n) is 2.39. The molecule has 0 aromatic heterocycles. The Balaban J connectivity index is 2.08. The highest BCUT2D eigenvalue weighted by molar-refractivity contribution is 5.50. The second kappa shape index (κ2) is 4.56. The van der Waals surface area contributed by atoms with Gasteiger partial charge in [-0.1, -0.05) is 25.3 Å². The molecule has 0 atom stereocenters. The molecule has 0 spiro atoms. The summed E-state index contributed by atoms with van der Waals surface area (Å²) in [6.45, 7) is 0. The highest BCUT2D eigenvalue weighted by Gasteiger charge is 2.18. The normalized spacial score (nSPS) is 17.7. The number of aromatic hydroxyl groups is 1. The second-order valence-electron chi connectivity index (χ2n) is 4.42. The molecular formula is C13H19NO.